The molecular weight excluding hydrogens is 609 g/mol. The quantitative estimate of drug-likeness (QED) is 0.249. The van der Waals surface area contributed by atoms with Crippen LogP contribution in [-0.4, -0.2) is 50.5 Å². The van der Waals surface area contributed by atoms with Crippen LogP contribution >= 0.6 is 15.9 Å². The summed E-state index contributed by atoms with van der Waals surface area (Å²) in [5.41, 5.74) is 2.11. The smallest absolute Gasteiger partial charge is 0.243 e. The Balaban J connectivity index is 1.87. The van der Waals surface area contributed by atoms with Gasteiger partial charge in [0.15, 0.2) is 0 Å². The van der Waals surface area contributed by atoms with Gasteiger partial charge in [-0.1, -0.05) is 72.2 Å². The Kier molecular flexibility index (Phi) is 11.9. The predicted octanol–water partition coefficient (Wildman–Crippen LogP) is 5.55. The van der Waals surface area contributed by atoms with Gasteiger partial charge in [0.2, 0.25) is 21.8 Å². The fraction of sp³-hybridized carbons (Fsp3) is 0.355. The molecule has 41 heavy (non-hydrogen) atoms. The van der Waals surface area contributed by atoms with E-state index < -0.39 is 21.9 Å². The fourth-order valence-electron chi connectivity index (χ4n) is 4.37. The number of anilines is 1. The SMILES string of the molecule is CC(C)CNC(=O)[C@@H](Cc1ccccc1)N(Cc1ccc(Br)cc1)C(=O)CCCN(c1ccc(F)cc1)S(C)(=O)=O. The first kappa shape index (κ1) is 32.3. The average Bonchev–Trinajstić information content (AvgIpc) is 2.93. The summed E-state index contributed by atoms with van der Waals surface area (Å²) in [7, 11) is -3.67. The van der Waals surface area contributed by atoms with E-state index >= 15 is 0 Å². The Morgan fingerprint density at radius 1 is 0.927 bits per heavy atom. The van der Waals surface area contributed by atoms with E-state index in [1.807, 2.05) is 68.4 Å². The number of rotatable bonds is 14. The Morgan fingerprint density at radius 3 is 2.15 bits per heavy atom. The van der Waals surface area contributed by atoms with E-state index in [2.05, 4.69) is 21.2 Å². The van der Waals surface area contributed by atoms with Crippen LogP contribution in [0.4, 0.5) is 10.1 Å². The number of halogens is 2. The fourth-order valence-corrected chi connectivity index (χ4v) is 5.60. The van der Waals surface area contributed by atoms with Crippen molar-refractivity contribution in [1.29, 1.82) is 0 Å². The summed E-state index contributed by atoms with van der Waals surface area (Å²) < 4.78 is 40.5. The van der Waals surface area contributed by atoms with Crippen molar-refractivity contribution >= 4 is 43.5 Å². The molecule has 0 aliphatic carbocycles. The summed E-state index contributed by atoms with van der Waals surface area (Å²) in [4.78, 5) is 28.9. The molecule has 0 aromatic heterocycles. The zero-order valence-electron chi connectivity index (χ0n) is 23.6. The van der Waals surface area contributed by atoms with Crippen LogP contribution in [0.25, 0.3) is 0 Å². The molecule has 0 aliphatic rings. The zero-order chi connectivity index (χ0) is 30.0. The van der Waals surface area contributed by atoms with Gasteiger partial charge in [-0.3, -0.25) is 13.9 Å². The number of hydrogen-bond donors (Lipinski definition) is 1. The van der Waals surface area contributed by atoms with Crippen molar-refractivity contribution in [1.82, 2.24) is 10.2 Å². The summed E-state index contributed by atoms with van der Waals surface area (Å²) >= 11 is 3.44. The second-order valence-electron chi connectivity index (χ2n) is 10.4. The number of carbonyl (C=O) groups excluding carboxylic acids is 2. The standard InChI is InChI=1S/C31H37BrFN3O4S/c1-23(2)21-34-31(38)29(20-24-8-5-4-6-9-24)35(22-25-11-13-26(32)14-12-25)30(37)10-7-19-36(41(3,39)40)28-17-15-27(33)16-18-28/h4-6,8-9,11-18,23,29H,7,10,19-22H2,1-3H3,(H,34,38)/t29-/m1/s1. The lowest BCUT2D eigenvalue weighted by Crippen LogP contribution is -2.51. The summed E-state index contributed by atoms with van der Waals surface area (Å²) in [6, 6.07) is 21.5. The number of hydrogen-bond acceptors (Lipinski definition) is 4. The van der Waals surface area contributed by atoms with Crippen LogP contribution in [0.1, 0.15) is 37.8 Å². The topological polar surface area (TPSA) is 86.8 Å². The van der Waals surface area contributed by atoms with Gasteiger partial charge in [-0.15, -0.1) is 0 Å². The van der Waals surface area contributed by atoms with Gasteiger partial charge in [-0.25, -0.2) is 12.8 Å². The van der Waals surface area contributed by atoms with Crippen molar-refractivity contribution in [2.24, 2.45) is 5.92 Å². The summed E-state index contributed by atoms with van der Waals surface area (Å²) in [6.07, 6.45) is 1.64. The summed E-state index contributed by atoms with van der Waals surface area (Å²) in [6.45, 7) is 4.74. The van der Waals surface area contributed by atoms with E-state index in [9.17, 15) is 22.4 Å². The minimum atomic E-state index is -3.67. The van der Waals surface area contributed by atoms with Gasteiger partial charge in [-0.05, 0) is 59.9 Å². The Morgan fingerprint density at radius 2 is 1.56 bits per heavy atom. The predicted molar refractivity (Wildman–Crippen MR) is 164 cm³/mol. The molecule has 3 rings (SSSR count). The van der Waals surface area contributed by atoms with Crippen LogP contribution < -0.4 is 9.62 Å². The first-order valence-corrected chi connectivity index (χ1v) is 16.2. The molecule has 7 nitrogen and oxygen atoms in total. The third-order valence-electron chi connectivity index (χ3n) is 6.49. The highest BCUT2D eigenvalue weighted by atomic mass is 79.9. The molecule has 1 N–H and O–H groups in total. The van der Waals surface area contributed by atoms with Crippen molar-refractivity contribution in [2.75, 3.05) is 23.7 Å². The molecule has 220 valence electrons. The normalized spacial score (nSPS) is 12.1. The van der Waals surface area contributed by atoms with Crippen molar-refractivity contribution in [3.63, 3.8) is 0 Å². The van der Waals surface area contributed by atoms with Crippen molar-refractivity contribution in [3.05, 3.63) is 100 Å². The molecule has 0 heterocycles. The minimum absolute atomic E-state index is 0.0203. The molecule has 0 bridgehead atoms. The number of nitrogens with zero attached hydrogens (tertiary/aromatic N) is 2. The molecule has 0 unspecified atom stereocenters. The van der Waals surface area contributed by atoms with Crippen LogP contribution in [0.15, 0.2) is 83.3 Å². The van der Waals surface area contributed by atoms with E-state index in [0.29, 0.717) is 18.7 Å². The van der Waals surface area contributed by atoms with Gasteiger partial charge in [0, 0.05) is 36.9 Å². The number of benzene rings is 3. The van der Waals surface area contributed by atoms with Crippen LogP contribution in [0.2, 0.25) is 0 Å². The Hall–Kier alpha value is -3.24. The Labute approximate surface area is 250 Å². The molecule has 0 radical (unpaired) electrons. The highest BCUT2D eigenvalue weighted by molar-refractivity contribution is 9.10. The molecule has 1 atom stereocenters. The highest BCUT2D eigenvalue weighted by Crippen LogP contribution is 2.21. The second kappa shape index (κ2) is 15.1. The lowest BCUT2D eigenvalue weighted by atomic mass is 10.0. The molecule has 0 aliphatic heterocycles. The van der Waals surface area contributed by atoms with E-state index in [0.717, 1.165) is 26.2 Å². The van der Waals surface area contributed by atoms with Crippen molar-refractivity contribution < 1.29 is 22.4 Å². The van der Waals surface area contributed by atoms with Crippen LogP contribution in [0.3, 0.4) is 0 Å². The largest absolute Gasteiger partial charge is 0.354 e. The maximum Gasteiger partial charge on any atom is 0.243 e. The van der Waals surface area contributed by atoms with Gasteiger partial charge in [0.05, 0.1) is 11.9 Å². The molecule has 0 saturated carbocycles. The van der Waals surface area contributed by atoms with Gasteiger partial charge in [-0.2, -0.15) is 0 Å². The highest BCUT2D eigenvalue weighted by Gasteiger charge is 2.30. The molecular formula is C31H37BrFN3O4S. The molecule has 3 aromatic rings. The molecule has 2 amide bonds. The molecule has 10 heteroatoms. The van der Waals surface area contributed by atoms with Gasteiger partial charge >= 0.3 is 0 Å². The molecule has 3 aromatic carbocycles. The van der Waals surface area contributed by atoms with Gasteiger partial charge < -0.3 is 10.2 Å². The van der Waals surface area contributed by atoms with E-state index in [1.165, 1.54) is 24.3 Å². The lowest BCUT2D eigenvalue weighted by Gasteiger charge is -2.32. The van der Waals surface area contributed by atoms with Gasteiger partial charge in [0.25, 0.3) is 0 Å². The number of nitrogens with one attached hydrogen (secondary N) is 1. The third-order valence-corrected chi connectivity index (χ3v) is 8.21. The number of amides is 2. The van der Waals surface area contributed by atoms with E-state index in [4.69, 9.17) is 0 Å². The molecule has 0 fully saturated rings. The number of sulfonamides is 1. The zero-order valence-corrected chi connectivity index (χ0v) is 26.0. The first-order chi connectivity index (χ1) is 19.4. The maximum atomic E-state index is 13.8. The maximum absolute atomic E-state index is 13.8. The van der Waals surface area contributed by atoms with Crippen LogP contribution in [0.5, 0.6) is 0 Å². The van der Waals surface area contributed by atoms with Crippen molar-refractivity contribution in [3.8, 4) is 0 Å². The average molecular weight is 647 g/mol. The molecule has 0 saturated heterocycles. The van der Waals surface area contributed by atoms with E-state index in [1.54, 1.807) is 4.90 Å². The van der Waals surface area contributed by atoms with Gasteiger partial charge in [0.1, 0.15) is 11.9 Å². The first-order valence-electron chi connectivity index (χ1n) is 13.5. The summed E-state index contributed by atoms with van der Waals surface area (Å²) in [5, 5.41) is 2.99. The molecule has 0 spiro atoms. The summed E-state index contributed by atoms with van der Waals surface area (Å²) in [5.74, 6) is -0.736. The number of carbonyl (C=O) groups is 2. The third kappa shape index (κ3) is 10.3. The Bertz CT molecular complexity index is 1390. The second-order valence-corrected chi connectivity index (χ2v) is 13.2. The van der Waals surface area contributed by atoms with Crippen LogP contribution in [-0.2, 0) is 32.6 Å². The van der Waals surface area contributed by atoms with Crippen molar-refractivity contribution in [2.45, 2.75) is 45.7 Å². The lowest BCUT2D eigenvalue weighted by molar-refractivity contribution is -0.141. The van der Waals surface area contributed by atoms with Crippen LogP contribution in [0, 0.1) is 11.7 Å². The van der Waals surface area contributed by atoms with E-state index in [-0.39, 0.29) is 43.7 Å². The monoisotopic (exact) mass is 645 g/mol. The minimum Gasteiger partial charge on any atom is -0.354 e.